The van der Waals surface area contributed by atoms with Crippen molar-refractivity contribution in [2.24, 2.45) is 0 Å². The highest BCUT2D eigenvalue weighted by molar-refractivity contribution is 5.24. The third-order valence-electron chi connectivity index (χ3n) is 1.91. The third kappa shape index (κ3) is 2.21. The van der Waals surface area contributed by atoms with E-state index in [-0.39, 0.29) is 0 Å². The van der Waals surface area contributed by atoms with Crippen molar-refractivity contribution < 1.29 is 4.74 Å². The number of nitrogens with one attached hydrogen (secondary N) is 1. The molecular formula is C9H17N3O. The summed E-state index contributed by atoms with van der Waals surface area (Å²) in [6, 6.07) is 0. The third-order valence-corrected chi connectivity index (χ3v) is 1.91. The Bertz CT molecular complexity index is 257. The molecule has 0 saturated carbocycles. The van der Waals surface area contributed by atoms with Crippen LogP contribution < -0.4 is 10.1 Å². The van der Waals surface area contributed by atoms with Gasteiger partial charge in [-0.25, -0.2) is 0 Å². The number of aryl methyl sites for hydroxylation is 1. The largest absolute Gasteiger partial charge is 0.493 e. The highest BCUT2D eigenvalue weighted by Gasteiger charge is 2.08. The van der Waals surface area contributed by atoms with Gasteiger partial charge >= 0.3 is 0 Å². The molecule has 0 atom stereocenters. The summed E-state index contributed by atoms with van der Waals surface area (Å²) in [6.07, 6.45) is 2.85. The fourth-order valence-corrected chi connectivity index (χ4v) is 1.31. The molecular weight excluding hydrogens is 166 g/mol. The van der Waals surface area contributed by atoms with Gasteiger partial charge in [-0.2, -0.15) is 5.10 Å². The lowest BCUT2D eigenvalue weighted by Crippen LogP contribution is -2.13. The molecule has 1 aromatic heterocycles. The Labute approximate surface area is 78.9 Å². The Morgan fingerprint density at radius 2 is 2.38 bits per heavy atom. The molecule has 0 aliphatic heterocycles. The van der Waals surface area contributed by atoms with E-state index in [2.05, 4.69) is 17.3 Å². The number of rotatable bonds is 5. The van der Waals surface area contributed by atoms with E-state index in [1.165, 1.54) is 0 Å². The van der Waals surface area contributed by atoms with Crippen LogP contribution in [-0.4, -0.2) is 23.9 Å². The Hall–Kier alpha value is -1.03. The molecule has 1 heterocycles. The maximum absolute atomic E-state index is 5.20. The topological polar surface area (TPSA) is 39.1 Å². The highest BCUT2D eigenvalue weighted by atomic mass is 16.5. The average Bonchev–Trinajstić information content (AvgIpc) is 2.50. The molecule has 0 bridgehead atoms. The molecule has 0 radical (unpaired) electrons. The molecule has 4 nitrogen and oxygen atoms in total. The first-order valence-corrected chi connectivity index (χ1v) is 4.56. The fourth-order valence-electron chi connectivity index (χ4n) is 1.31. The van der Waals surface area contributed by atoms with Gasteiger partial charge in [0.05, 0.1) is 19.0 Å². The summed E-state index contributed by atoms with van der Waals surface area (Å²) >= 11 is 0. The van der Waals surface area contributed by atoms with Gasteiger partial charge in [-0.15, -0.1) is 0 Å². The number of aromatic nitrogens is 2. The summed E-state index contributed by atoms with van der Waals surface area (Å²) in [6.45, 7) is 3.88. The van der Waals surface area contributed by atoms with Crippen LogP contribution in [0.15, 0.2) is 6.20 Å². The lowest BCUT2D eigenvalue weighted by atomic mass is 10.3. The van der Waals surface area contributed by atoms with E-state index in [4.69, 9.17) is 4.74 Å². The van der Waals surface area contributed by atoms with Gasteiger partial charge in [0.25, 0.3) is 0 Å². The van der Waals surface area contributed by atoms with E-state index in [1.54, 1.807) is 13.3 Å². The maximum Gasteiger partial charge on any atom is 0.161 e. The summed E-state index contributed by atoms with van der Waals surface area (Å²) in [5.74, 6) is 0.864. The summed E-state index contributed by atoms with van der Waals surface area (Å²) in [5, 5.41) is 7.35. The Balaban J connectivity index is 2.85. The number of nitrogens with zero attached hydrogens (tertiary/aromatic N) is 2. The van der Waals surface area contributed by atoms with Gasteiger partial charge in [0.15, 0.2) is 5.75 Å². The van der Waals surface area contributed by atoms with Gasteiger partial charge in [-0.3, -0.25) is 4.68 Å². The van der Waals surface area contributed by atoms with Crippen LogP contribution in [0.3, 0.4) is 0 Å². The van der Waals surface area contributed by atoms with Crippen molar-refractivity contribution in [1.82, 2.24) is 15.1 Å². The van der Waals surface area contributed by atoms with Crippen molar-refractivity contribution in [3.8, 4) is 5.75 Å². The molecule has 13 heavy (non-hydrogen) atoms. The fraction of sp³-hybridized carbons (Fsp3) is 0.667. The molecule has 0 aromatic carbocycles. The van der Waals surface area contributed by atoms with Gasteiger partial charge in [0.1, 0.15) is 0 Å². The van der Waals surface area contributed by atoms with Crippen LogP contribution >= 0.6 is 0 Å². The van der Waals surface area contributed by atoms with Gasteiger partial charge < -0.3 is 10.1 Å². The molecule has 0 spiro atoms. The lowest BCUT2D eigenvalue weighted by molar-refractivity contribution is 0.405. The molecule has 4 heteroatoms. The number of methoxy groups -OCH3 is 1. The Morgan fingerprint density at radius 3 is 2.92 bits per heavy atom. The van der Waals surface area contributed by atoms with Gasteiger partial charge in [0.2, 0.25) is 0 Å². The first kappa shape index (κ1) is 10.1. The van der Waals surface area contributed by atoms with Crippen molar-refractivity contribution in [2.45, 2.75) is 26.4 Å². The van der Waals surface area contributed by atoms with Crippen LogP contribution in [0.1, 0.15) is 19.0 Å². The van der Waals surface area contributed by atoms with Crippen LogP contribution in [0, 0.1) is 0 Å². The monoisotopic (exact) mass is 183 g/mol. The predicted molar refractivity (Wildman–Crippen MR) is 51.8 cm³/mol. The molecule has 1 aromatic rings. The zero-order valence-electron chi connectivity index (χ0n) is 8.50. The smallest absolute Gasteiger partial charge is 0.161 e. The number of ether oxygens (including phenoxy) is 1. The standard InChI is InChI=1S/C9H17N3O/c1-4-5-12-8(6-10-2)9(13-3)7-11-12/h7,10H,4-6H2,1-3H3. The first-order valence-electron chi connectivity index (χ1n) is 4.56. The van der Waals surface area contributed by atoms with Crippen molar-refractivity contribution >= 4 is 0 Å². The zero-order chi connectivity index (χ0) is 9.68. The zero-order valence-corrected chi connectivity index (χ0v) is 8.50. The minimum absolute atomic E-state index is 0.795. The van der Waals surface area contributed by atoms with Crippen molar-refractivity contribution in [2.75, 3.05) is 14.2 Å². The summed E-state index contributed by atoms with van der Waals surface area (Å²) in [5.41, 5.74) is 1.12. The SMILES string of the molecule is CCCn1ncc(OC)c1CNC. The summed E-state index contributed by atoms with van der Waals surface area (Å²) < 4.78 is 7.18. The molecule has 74 valence electrons. The van der Waals surface area contributed by atoms with Gasteiger partial charge in [0, 0.05) is 13.1 Å². The molecule has 0 aliphatic carbocycles. The van der Waals surface area contributed by atoms with E-state index in [1.807, 2.05) is 11.7 Å². The minimum Gasteiger partial charge on any atom is -0.493 e. The quantitative estimate of drug-likeness (QED) is 0.740. The molecule has 1 rings (SSSR count). The second kappa shape index (κ2) is 4.87. The first-order chi connectivity index (χ1) is 6.33. The van der Waals surface area contributed by atoms with Crippen molar-refractivity contribution in [3.63, 3.8) is 0 Å². The van der Waals surface area contributed by atoms with E-state index < -0.39 is 0 Å². The van der Waals surface area contributed by atoms with E-state index >= 15 is 0 Å². The molecule has 0 aliphatic rings. The number of hydrogen-bond acceptors (Lipinski definition) is 3. The lowest BCUT2D eigenvalue weighted by Gasteiger charge is -2.06. The Kier molecular flexibility index (Phi) is 3.76. The molecule has 0 unspecified atom stereocenters. The maximum atomic E-state index is 5.20. The van der Waals surface area contributed by atoms with Crippen LogP contribution in [0.4, 0.5) is 0 Å². The normalized spacial score (nSPS) is 10.4. The molecule has 0 fully saturated rings. The number of hydrogen-bond donors (Lipinski definition) is 1. The van der Waals surface area contributed by atoms with E-state index in [9.17, 15) is 0 Å². The Morgan fingerprint density at radius 1 is 1.62 bits per heavy atom. The predicted octanol–water partition coefficient (Wildman–Crippen LogP) is 1.02. The minimum atomic E-state index is 0.795. The summed E-state index contributed by atoms with van der Waals surface area (Å²) in [4.78, 5) is 0. The van der Waals surface area contributed by atoms with Gasteiger partial charge in [-0.05, 0) is 13.5 Å². The second-order valence-corrected chi connectivity index (χ2v) is 2.91. The highest BCUT2D eigenvalue weighted by Crippen LogP contribution is 2.17. The second-order valence-electron chi connectivity index (χ2n) is 2.91. The van der Waals surface area contributed by atoms with Crippen molar-refractivity contribution in [1.29, 1.82) is 0 Å². The average molecular weight is 183 g/mol. The van der Waals surface area contributed by atoms with Crippen LogP contribution in [0.5, 0.6) is 5.75 Å². The van der Waals surface area contributed by atoms with Crippen LogP contribution in [0.25, 0.3) is 0 Å². The summed E-state index contributed by atoms with van der Waals surface area (Å²) in [7, 11) is 3.59. The van der Waals surface area contributed by atoms with E-state index in [0.29, 0.717) is 0 Å². The van der Waals surface area contributed by atoms with E-state index in [0.717, 1.165) is 31.0 Å². The van der Waals surface area contributed by atoms with Gasteiger partial charge in [-0.1, -0.05) is 6.92 Å². The molecule has 0 amide bonds. The van der Waals surface area contributed by atoms with Crippen molar-refractivity contribution in [3.05, 3.63) is 11.9 Å². The molecule has 1 N–H and O–H groups in total. The van der Waals surface area contributed by atoms with Crippen LogP contribution in [0.2, 0.25) is 0 Å². The van der Waals surface area contributed by atoms with Crippen LogP contribution in [-0.2, 0) is 13.1 Å². The molecule has 0 saturated heterocycles.